The molecule has 0 aliphatic carbocycles. The summed E-state index contributed by atoms with van der Waals surface area (Å²) >= 11 is 0. The van der Waals surface area contributed by atoms with Crippen molar-refractivity contribution in [1.29, 1.82) is 0 Å². The van der Waals surface area contributed by atoms with Crippen molar-refractivity contribution in [1.82, 2.24) is 15.0 Å². The smallest absolute Gasteiger partial charge is 0.137 e. The van der Waals surface area contributed by atoms with E-state index in [0.29, 0.717) is 0 Å². The molecule has 1 aliphatic heterocycles. The Morgan fingerprint density at radius 2 is 0.811 bits per heavy atom. The normalized spacial score (nSPS) is 11.5. The lowest BCUT2D eigenvalue weighted by atomic mass is 9.86. The van der Waals surface area contributed by atoms with Crippen molar-refractivity contribution in [2.45, 2.75) is 0 Å². The average molecular weight is 678 g/mol. The van der Waals surface area contributed by atoms with Gasteiger partial charge in [0, 0.05) is 53.2 Å². The Morgan fingerprint density at radius 1 is 0.340 bits per heavy atom. The van der Waals surface area contributed by atoms with E-state index in [2.05, 4.69) is 131 Å². The van der Waals surface area contributed by atoms with Gasteiger partial charge in [0.05, 0.1) is 11.1 Å². The molecular weight excluding hydrogens is 647 g/mol. The van der Waals surface area contributed by atoms with E-state index in [9.17, 15) is 0 Å². The highest BCUT2D eigenvalue weighted by Crippen LogP contribution is 2.49. The van der Waals surface area contributed by atoms with Crippen LogP contribution in [0.1, 0.15) is 0 Å². The van der Waals surface area contributed by atoms with Crippen LogP contribution in [0.2, 0.25) is 0 Å². The number of fused-ring (bicyclic) bond motifs is 2. The number of nitrogens with zero attached hydrogens (tertiary/aromatic N) is 3. The Labute approximate surface area is 307 Å². The molecular formula is C49H31N3O. The van der Waals surface area contributed by atoms with Gasteiger partial charge in [-0.3, -0.25) is 15.0 Å². The molecule has 10 rings (SSSR count). The maximum atomic E-state index is 6.43. The number of para-hydroxylation sites is 1. The number of hydrogen-bond acceptors (Lipinski definition) is 4. The summed E-state index contributed by atoms with van der Waals surface area (Å²) in [4.78, 5) is 14.0. The maximum absolute atomic E-state index is 6.43. The fourth-order valence-corrected chi connectivity index (χ4v) is 7.72. The molecule has 248 valence electrons. The van der Waals surface area contributed by atoms with Crippen LogP contribution in [0, 0.1) is 0 Å². The summed E-state index contributed by atoms with van der Waals surface area (Å²) in [5, 5.41) is 2.14. The summed E-state index contributed by atoms with van der Waals surface area (Å²) in [6.07, 6.45) is 9.54. The Morgan fingerprint density at radius 3 is 1.36 bits per heavy atom. The zero-order chi connectivity index (χ0) is 35.1. The summed E-state index contributed by atoms with van der Waals surface area (Å²) in [7, 11) is 0. The second-order valence-electron chi connectivity index (χ2n) is 13.2. The van der Waals surface area contributed by atoms with Crippen molar-refractivity contribution in [2.75, 3.05) is 0 Å². The van der Waals surface area contributed by atoms with Crippen LogP contribution < -0.4 is 4.74 Å². The molecule has 0 amide bonds. The number of hydrogen-bond donors (Lipinski definition) is 0. The van der Waals surface area contributed by atoms with Crippen molar-refractivity contribution >= 4 is 10.8 Å². The first kappa shape index (κ1) is 30.6. The highest BCUT2D eigenvalue weighted by Gasteiger charge is 2.24. The molecule has 0 unspecified atom stereocenters. The van der Waals surface area contributed by atoms with Crippen molar-refractivity contribution in [3.05, 3.63) is 189 Å². The lowest BCUT2D eigenvalue weighted by Gasteiger charge is -2.22. The molecule has 0 saturated heterocycles. The number of benzene rings is 6. The molecule has 0 bridgehead atoms. The first-order valence-corrected chi connectivity index (χ1v) is 17.7. The third-order valence-electron chi connectivity index (χ3n) is 10.1. The molecule has 9 aromatic rings. The van der Waals surface area contributed by atoms with E-state index in [1.165, 1.54) is 0 Å². The van der Waals surface area contributed by atoms with Gasteiger partial charge in [-0.05, 0) is 104 Å². The lowest BCUT2D eigenvalue weighted by Crippen LogP contribution is -2.00. The van der Waals surface area contributed by atoms with Gasteiger partial charge in [0.2, 0.25) is 0 Å². The topological polar surface area (TPSA) is 47.9 Å². The lowest BCUT2D eigenvalue weighted by molar-refractivity contribution is 0.486. The molecule has 0 spiro atoms. The number of pyridine rings is 3. The summed E-state index contributed by atoms with van der Waals surface area (Å²) in [6, 6.07) is 55.4. The minimum absolute atomic E-state index is 0.825. The van der Waals surface area contributed by atoms with Crippen molar-refractivity contribution < 1.29 is 4.74 Å². The molecule has 0 saturated carbocycles. The van der Waals surface area contributed by atoms with Gasteiger partial charge in [0.25, 0.3) is 0 Å². The highest BCUT2D eigenvalue weighted by atomic mass is 16.5. The Kier molecular flexibility index (Phi) is 7.43. The minimum atomic E-state index is 0.825. The van der Waals surface area contributed by atoms with Crippen LogP contribution in [-0.4, -0.2) is 15.0 Å². The molecule has 0 radical (unpaired) electrons. The summed E-state index contributed by atoms with van der Waals surface area (Å²) < 4.78 is 6.43. The van der Waals surface area contributed by atoms with E-state index in [1.807, 2.05) is 67.4 Å². The first-order chi connectivity index (χ1) is 26.3. The monoisotopic (exact) mass is 677 g/mol. The van der Waals surface area contributed by atoms with Gasteiger partial charge in [0.1, 0.15) is 11.5 Å². The van der Waals surface area contributed by atoms with Crippen LogP contribution in [0.25, 0.3) is 88.8 Å². The van der Waals surface area contributed by atoms with Gasteiger partial charge < -0.3 is 4.74 Å². The second kappa shape index (κ2) is 12.9. The second-order valence-corrected chi connectivity index (χ2v) is 13.2. The van der Waals surface area contributed by atoms with E-state index in [1.54, 1.807) is 0 Å². The third kappa shape index (κ3) is 5.36. The number of rotatable bonds is 6. The van der Waals surface area contributed by atoms with Crippen molar-refractivity contribution in [3.8, 4) is 89.5 Å². The van der Waals surface area contributed by atoms with Crippen LogP contribution in [0.3, 0.4) is 0 Å². The predicted octanol–water partition coefficient (Wildman–Crippen LogP) is 12.8. The predicted molar refractivity (Wildman–Crippen MR) is 215 cm³/mol. The van der Waals surface area contributed by atoms with E-state index >= 15 is 0 Å². The molecule has 0 atom stereocenters. The van der Waals surface area contributed by atoms with Crippen LogP contribution in [0.5, 0.6) is 11.5 Å². The Bertz CT molecular complexity index is 2710. The highest BCUT2D eigenvalue weighted by molar-refractivity contribution is 6.10. The van der Waals surface area contributed by atoms with Gasteiger partial charge in [-0.25, -0.2) is 0 Å². The van der Waals surface area contributed by atoms with Crippen LogP contribution in [-0.2, 0) is 0 Å². The molecule has 53 heavy (non-hydrogen) atoms. The minimum Gasteiger partial charge on any atom is -0.456 e. The summed E-state index contributed by atoms with van der Waals surface area (Å²) in [5.74, 6) is 1.65. The van der Waals surface area contributed by atoms with E-state index in [-0.39, 0.29) is 0 Å². The van der Waals surface area contributed by atoms with Gasteiger partial charge in [-0.1, -0.05) is 109 Å². The Balaban J connectivity index is 1.22. The van der Waals surface area contributed by atoms with Gasteiger partial charge in [-0.2, -0.15) is 0 Å². The van der Waals surface area contributed by atoms with E-state index < -0.39 is 0 Å². The molecule has 4 heterocycles. The summed E-state index contributed by atoms with van der Waals surface area (Å²) in [6.45, 7) is 0. The molecule has 1 aliphatic rings. The SMILES string of the molecule is c1cncc(-c2ccccc2-c2cc(-c3ccccc3-c3cccnc3)cc(-c3ccccc3-c3cnc4c5c(cccc35)Oc3ccccc3-4)c2)c1. The Hall–Kier alpha value is -7.17. The quantitative estimate of drug-likeness (QED) is 0.176. The number of ether oxygens (including phenoxy) is 1. The fourth-order valence-electron chi connectivity index (χ4n) is 7.72. The third-order valence-corrected chi connectivity index (χ3v) is 10.1. The standard InChI is InChI=1S/C49H31N3O/c1-3-16-39(37(14-1)32-12-10-24-50-29-32)34-26-35(40-17-4-2-15-38(40)33-13-11-25-51-30-33)28-36(27-34)41-18-5-6-19-42(41)45-31-52-49-44-20-7-8-22-46(44)53-47-23-9-21-43(45)48(47)49/h1-31H. The van der Waals surface area contributed by atoms with Gasteiger partial charge in [0.15, 0.2) is 0 Å². The van der Waals surface area contributed by atoms with Crippen LogP contribution >= 0.6 is 0 Å². The van der Waals surface area contributed by atoms with Gasteiger partial charge in [-0.15, -0.1) is 0 Å². The van der Waals surface area contributed by atoms with E-state index in [0.717, 1.165) is 100 Å². The fraction of sp³-hybridized carbons (Fsp3) is 0. The van der Waals surface area contributed by atoms with Crippen molar-refractivity contribution in [2.24, 2.45) is 0 Å². The molecule has 3 aromatic heterocycles. The summed E-state index contributed by atoms with van der Waals surface area (Å²) in [5.41, 5.74) is 15.3. The molecule has 4 nitrogen and oxygen atoms in total. The molecule has 0 fully saturated rings. The first-order valence-electron chi connectivity index (χ1n) is 17.7. The zero-order valence-corrected chi connectivity index (χ0v) is 28.6. The largest absolute Gasteiger partial charge is 0.456 e. The number of aromatic nitrogens is 3. The van der Waals surface area contributed by atoms with Gasteiger partial charge >= 0.3 is 0 Å². The maximum Gasteiger partial charge on any atom is 0.137 e. The molecule has 0 N–H and O–H groups in total. The van der Waals surface area contributed by atoms with Crippen molar-refractivity contribution in [3.63, 3.8) is 0 Å². The zero-order valence-electron chi connectivity index (χ0n) is 28.6. The van der Waals surface area contributed by atoms with Crippen LogP contribution in [0.4, 0.5) is 0 Å². The van der Waals surface area contributed by atoms with Crippen LogP contribution in [0.15, 0.2) is 189 Å². The molecule has 4 heteroatoms. The molecule has 6 aromatic carbocycles. The van der Waals surface area contributed by atoms with E-state index in [4.69, 9.17) is 9.72 Å². The average Bonchev–Trinajstić information content (AvgIpc) is 3.24.